The predicted molar refractivity (Wildman–Crippen MR) is 111 cm³/mol. The predicted octanol–water partition coefficient (Wildman–Crippen LogP) is 5.27. The summed E-state index contributed by atoms with van der Waals surface area (Å²) >= 11 is 1.61. The molecule has 3 aromatic rings. The summed E-state index contributed by atoms with van der Waals surface area (Å²) in [6.45, 7) is 8.29. The Balaban J connectivity index is 1.56. The van der Waals surface area contributed by atoms with E-state index in [2.05, 4.69) is 17.1 Å². The molecule has 28 heavy (non-hydrogen) atoms. The van der Waals surface area contributed by atoms with E-state index in [1.54, 1.807) is 11.3 Å². The van der Waals surface area contributed by atoms with Crippen LogP contribution in [0.15, 0.2) is 46.2 Å². The van der Waals surface area contributed by atoms with Gasteiger partial charge in [0.25, 0.3) is 0 Å². The molecule has 3 rings (SSSR count). The van der Waals surface area contributed by atoms with Crippen LogP contribution in [0.1, 0.15) is 30.9 Å². The van der Waals surface area contributed by atoms with Crippen molar-refractivity contribution >= 4 is 11.3 Å². The Morgan fingerprint density at radius 3 is 2.61 bits per heavy atom. The highest BCUT2D eigenvalue weighted by Crippen LogP contribution is 2.26. The fourth-order valence-corrected chi connectivity index (χ4v) is 3.50. The van der Waals surface area contributed by atoms with Crippen molar-refractivity contribution in [3.63, 3.8) is 0 Å². The smallest absolute Gasteiger partial charge is 0.236 e. The van der Waals surface area contributed by atoms with Crippen molar-refractivity contribution in [2.24, 2.45) is 0 Å². The monoisotopic (exact) mass is 401 g/mol. The number of rotatable bonds is 11. The number of ether oxygens (including phenoxy) is 3. The van der Waals surface area contributed by atoms with E-state index in [1.165, 1.54) is 5.56 Å². The number of aromatic nitrogens is 1. The van der Waals surface area contributed by atoms with Crippen molar-refractivity contribution in [2.75, 3.05) is 19.8 Å². The second-order valence-electron chi connectivity index (χ2n) is 6.37. The Bertz CT molecular complexity index is 827. The Hall–Kier alpha value is -2.15. The average molecular weight is 402 g/mol. The van der Waals surface area contributed by atoms with E-state index in [9.17, 15) is 0 Å². The normalized spacial score (nSPS) is 12.2. The molecule has 0 aliphatic heterocycles. The lowest BCUT2D eigenvalue weighted by Gasteiger charge is -2.17. The van der Waals surface area contributed by atoms with Crippen LogP contribution in [0, 0.1) is 6.92 Å². The molecule has 2 heterocycles. The zero-order valence-corrected chi connectivity index (χ0v) is 17.5. The van der Waals surface area contributed by atoms with Gasteiger partial charge in [-0.1, -0.05) is 18.2 Å². The maximum Gasteiger partial charge on any atom is 0.236 e. The molecule has 0 aliphatic carbocycles. The first-order chi connectivity index (χ1) is 13.7. The van der Waals surface area contributed by atoms with Crippen molar-refractivity contribution < 1.29 is 18.6 Å². The van der Waals surface area contributed by atoms with Crippen LogP contribution in [0.2, 0.25) is 0 Å². The van der Waals surface area contributed by atoms with Gasteiger partial charge >= 0.3 is 0 Å². The Morgan fingerprint density at radius 2 is 1.93 bits per heavy atom. The second kappa shape index (κ2) is 10.4. The van der Waals surface area contributed by atoms with Gasteiger partial charge in [0.05, 0.1) is 17.6 Å². The average Bonchev–Trinajstić information content (AvgIpc) is 3.35. The molecule has 0 saturated carbocycles. The summed E-state index contributed by atoms with van der Waals surface area (Å²) in [6, 6.07) is 12.1. The summed E-state index contributed by atoms with van der Waals surface area (Å²) in [5.74, 6) is 2.25. The van der Waals surface area contributed by atoms with Crippen LogP contribution in [0.5, 0.6) is 5.75 Å². The van der Waals surface area contributed by atoms with Gasteiger partial charge < -0.3 is 18.6 Å². The molecular formula is C22H27NO4S. The molecule has 0 unspecified atom stereocenters. The lowest BCUT2D eigenvalue weighted by Crippen LogP contribution is -2.22. The number of benzene rings is 1. The Labute approximate surface area is 170 Å². The van der Waals surface area contributed by atoms with Gasteiger partial charge in [-0.05, 0) is 49.9 Å². The summed E-state index contributed by atoms with van der Waals surface area (Å²) in [7, 11) is 0. The summed E-state index contributed by atoms with van der Waals surface area (Å²) in [5.41, 5.74) is 2.02. The van der Waals surface area contributed by atoms with Crippen molar-refractivity contribution in [1.29, 1.82) is 0 Å². The van der Waals surface area contributed by atoms with Gasteiger partial charge in [-0.3, -0.25) is 0 Å². The molecule has 6 heteroatoms. The highest BCUT2D eigenvalue weighted by Gasteiger charge is 2.13. The van der Waals surface area contributed by atoms with Gasteiger partial charge in [-0.15, -0.1) is 11.3 Å². The largest absolute Gasteiger partial charge is 0.487 e. The summed E-state index contributed by atoms with van der Waals surface area (Å²) in [5, 5.41) is 2.01. The van der Waals surface area contributed by atoms with Crippen molar-refractivity contribution in [1.82, 2.24) is 4.98 Å². The SMILES string of the molecule is CCOC[C@H](Cc1ccc(OCc2nc(-c3cccs3)oc2C)cc1)OCC. The number of nitrogens with zero attached hydrogens (tertiary/aromatic N) is 1. The number of hydrogen-bond donors (Lipinski definition) is 0. The minimum Gasteiger partial charge on any atom is -0.487 e. The van der Waals surface area contributed by atoms with E-state index in [0.717, 1.165) is 28.5 Å². The molecule has 0 radical (unpaired) electrons. The van der Waals surface area contributed by atoms with E-state index in [0.29, 0.717) is 32.3 Å². The number of aryl methyl sites for hydroxylation is 1. The van der Waals surface area contributed by atoms with Crippen molar-refractivity contribution in [3.05, 3.63) is 58.8 Å². The van der Waals surface area contributed by atoms with E-state index in [1.807, 2.05) is 50.4 Å². The topological polar surface area (TPSA) is 53.7 Å². The molecule has 0 spiro atoms. The third-order valence-corrected chi connectivity index (χ3v) is 5.15. The minimum atomic E-state index is 0.0742. The molecule has 0 N–H and O–H groups in total. The quantitative estimate of drug-likeness (QED) is 0.438. The first-order valence-corrected chi connectivity index (χ1v) is 10.5. The van der Waals surface area contributed by atoms with Crippen LogP contribution >= 0.6 is 11.3 Å². The molecule has 1 aromatic carbocycles. The lowest BCUT2D eigenvalue weighted by molar-refractivity contribution is -0.00769. The Morgan fingerprint density at radius 1 is 1.11 bits per heavy atom. The molecule has 2 aromatic heterocycles. The second-order valence-corrected chi connectivity index (χ2v) is 7.32. The fourth-order valence-electron chi connectivity index (χ4n) is 2.85. The standard InChI is InChI=1S/C22H27NO4S/c1-4-24-14-19(25-5-2)13-17-8-10-18(11-9-17)26-15-20-16(3)27-22(23-20)21-7-6-12-28-21/h6-12,19H,4-5,13-15H2,1-3H3/t19-/m0/s1. The summed E-state index contributed by atoms with van der Waals surface area (Å²) in [4.78, 5) is 5.58. The lowest BCUT2D eigenvalue weighted by atomic mass is 10.1. The molecule has 0 fully saturated rings. The van der Waals surface area contributed by atoms with Crippen LogP contribution in [0.25, 0.3) is 10.8 Å². The van der Waals surface area contributed by atoms with Crippen LogP contribution in [-0.2, 0) is 22.5 Å². The van der Waals surface area contributed by atoms with Gasteiger partial charge in [0.1, 0.15) is 23.8 Å². The van der Waals surface area contributed by atoms with Crippen molar-refractivity contribution in [3.8, 4) is 16.5 Å². The molecule has 0 aliphatic rings. The summed E-state index contributed by atoms with van der Waals surface area (Å²) < 4.78 is 22.9. The highest BCUT2D eigenvalue weighted by molar-refractivity contribution is 7.13. The fraction of sp³-hybridized carbons (Fsp3) is 0.409. The highest BCUT2D eigenvalue weighted by atomic mass is 32.1. The molecule has 0 amide bonds. The van der Waals surface area contributed by atoms with Gasteiger partial charge in [0.2, 0.25) is 5.89 Å². The van der Waals surface area contributed by atoms with Gasteiger partial charge in [-0.25, -0.2) is 4.98 Å². The van der Waals surface area contributed by atoms with Crippen LogP contribution in [0.4, 0.5) is 0 Å². The maximum atomic E-state index is 5.90. The number of oxazole rings is 1. The zero-order valence-electron chi connectivity index (χ0n) is 16.6. The van der Waals surface area contributed by atoms with Gasteiger partial charge in [0.15, 0.2) is 0 Å². The first-order valence-electron chi connectivity index (χ1n) is 9.60. The van der Waals surface area contributed by atoms with E-state index < -0.39 is 0 Å². The zero-order chi connectivity index (χ0) is 19.8. The molecule has 1 atom stereocenters. The molecule has 0 bridgehead atoms. The number of hydrogen-bond acceptors (Lipinski definition) is 6. The third-order valence-electron chi connectivity index (χ3n) is 4.30. The van der Waals surface area contributed by atoms with E-state index in [4.69, 9.17) is 18.6 Å². The van der Waals surface area contributed by atoms with Gasteiger partial charge in [-0.2, -0.15) is 0 Å². The minimum absolute atomic E-state index is 0.0742. The maximum absolute atomic E-state index is 5.90. The molecule has 5 nitrogen and oxygen atoms in total. The van der Waals surface area contributed by atoms with Crippen molar-refractivity contribution in [2.45, 2.75) is 39.9 Å². The van der Waals surface area contributed by atoms with E-state index >= 15 is 0 Å². The molecular weight excluding hydrogens is 374 g/mol. The summed E-state index contributed by atoms with van der Waals surface area (Å²) in [6.07, 6.45) is 0.894. The van der Waals surface area contributed by atoms with Crippen LogP contribution in [-0.4, -0.2) is 30.9 Å². The van der Waals surface area contributed by atoms with Gasteiger partial charge in [0, 0.05) is 19.6 Å². The molecule has 150 valence electrons. The Kier molecular flexibility index (Phi) is 7.65. The van der Waals surface area contributed by atoms with Crippen LogP contribution in [0.3, 0.4) is 0 Å². The first kappa shape index (κ1) is 20.6. The van der Waals surface area contributed by atoms with Crippen LogP contribution < -0.4 is 4.74 Å². The number of thiophene rings is 1. The molecule has 0 saturated heterocycles. The van der Waals surface area contributed by atoms with E-state index in [-0.39, 0.29) is 6.10 Å². The third kappa shape index (κ3) is 5.67.